The van der Waals surface area contributed by atoms with Crippen molar-refractivity contribution in [1.82, 2.24) is 24.6 Å². The fourth-order valence-electron chi connectivity index (χ4n) is 3.67. The standard InChI is InChI=1S/C26H26FN5O2S/c1-4-34-23-13-6-5-12-22(23)32-24(20-10-8-14-28-16-20)29-30-26(32)35-18(2)25(33)31(3)17-19-9-7-11-21(27)15-19/h5-16,18H,4,17H2,1-3H3/t18-/m0/s1. The van der Waals surface area contributed by atoms with Gasteiger partial charge in [0.2, 0.25) is 5.91 Å². The van der Waals surface area contributed by atoms with Crippen LogP contribution in [0.25, 0.3) is 17.1 Å². The SMILES string of the molecule is CCOc1ccccc1-n1c(S[C@@H](C)C(=O)N(C)Cc2cccc(F)c2)nnc1-c1cccnc1. The zero-order chi connectivity index (χ0) is 24.8. The normalized spacial score (nSPS) is 11.8. The molecule has 0 aliphatic carbocycles. The molecule has 180 valence electrons. The van der Waals surface area contributed by atoms with Gasteiger partial charge in [-0.05, 0) is 55.8 Å². The monoisotopic (exact) mass is 491 g/mol. The molecule has 1 amide bonds. The lowest BCUT2D eigenvalue weighted by Crippen LogP contribution is -2.33. The minimum Gasteiger partial charge on any atom is -0.492 e. The number of aromatic nitrogens is 4. The lowest BCUT2D eigenvalue weighted by Gasteiger charge is -2.21. The number of halogens is 1. The quantitative estimate of drug-likeness (QED) is 0.307. The first-order chi connectivity index (χ1) is 17.0. The Morgan fingerprint density at radius 3 is 2.71 bits per heavy atom. The number of thioether (sulfide) groups is 1. The fourth-order valence-corrected chi connectivity index (χ4v) is 4.65. The van der Waals surface area contributed by atoms with Crippen LogP contribution in [0.15, 0.2) is 78.2 Å². The Morgan fingerprint density at radius 2 is 1.97 bits per heavy atom. The van der Waals surface area contributed by atoms with Crippen LogP contribution in [-0.2, 0) is 11.3 Å². The van der Waals surface area contributed by atoms with E-state index in [-0.39, 0.29) is 11.7 Å². The summed E-state index contributed by atoms with van der Waals surface area (Å²) in [5.74, 6) is 0.856. The smallest absolute Gasteiger partial charge is 0.235 e. The van der Waals surface area contributed by atoms with Gasteiger partial charge >= 0.3 is 0 Å². The summed E-state index contributed by atoms with van der Waals surface area (Å²) in [4.78, 5) is 19.0. The van der Waals surface area contributed by atoms with Gasteiger partial charge in [-0.2, -0.15) is 0 Å². The van der Waals surface area contributed by atoms with Gasteiger partial charge in [0, 0.05) is 31.5 Å². The Hall–Kier alpha value is -3.72. The van der Waals surface area contributed by atoms with Gasteiger partial charge in [0.1, 0.15) is 11.6 Å². The molecule has 4 aromatic rings. The van der Waals surface area contributed by atoms with Gasteiger partial charge in [-0.3, -0.25) is 14.3 Å². The molecular weight excluding hydrogens is 465 g/mol. The van der Waals surface area contributed by atoms with E-state index in [0.717, 1.165) is 16.8 Å². The summed E-state index contributed by atoms with van der Waals surface area (Å²) in [6.07, 6.45) is 3.42. The molecule has 0 radical (unpaired) electrons. The number of para-hydroxylation sites is 2. The van der Waals surface area contributed by atoms with Crippen molar-refractivity contribution in [3.8, 4) is 22.8 Å². The van der Waals surface area contributed by atoms with Gasteiger partial charge < -0.3 is 9.64 Å². The first-order valence-electron chi connectivity index (χ1n) is 11.2. The van der Waals surface area contributed by atoms with Crippen LogP contribution in [0.2, 0.25) is 0 Å². The number of carbonyl (C=O) groups excluding carboxylic acids is 1. The maximum Gasteiger partial charge on any atom is 0.235 e. The number of pyridine rings is 1. The van der Waals surface area contributed by atoms with E-state index in [1.807, 2.05) is 54.8 Å². The van der Waals surface area contributed by atoms with E-state index >= 15 is 0 Å². The molecule has 0 saturated carbocycles. The van der Waals surface area contributed by atoms with E-state index in [1.165, 1.54) is 23.9 Å². The largest absolute Gasteiger partial charge is 0.492 e. The maximum absolute atomic E-state index is 13.6. The molecule has 7 nitrogen and oxygen atoms in total. The second-order valence-electron chi connectivity index (χ2n) is 7.87. The van der Waals surface area contributed by atoms with Crippen molar-refractivity contribution in [2.75, 3.05) is 13.7 Å². The van der Waals surface area contributed by atoms with E-state index in [1.54, 1.807) is 36.5 Å². The zero-order valence-electron chi connectivity index (χ0n) is 19.8. The number of benzene rings is 2. The van der Waals surface area contributed by atoms with Gasteiger partial charge in [0.05, 0.1) is 17.5 Å². The number of amides is 1. The fraction of sp³-hybridized carbons (Fsp3) is 0.231. The number of carbonyl (C=O) groups is 1. The predicted octanol–water partition coefficient (Wildman–Crippen LogP) is 5.01. The van der Waals surface area contributed by atoms with Crippen molar-refractivity contribution in [1.29, 1.82) is 0 Å². The van der Waals surface area contributed by atoms with Gasteiger partial charge in [-0.25, -0.2) is 4.39 Å². The summed E-state index contributed by atoms with van der Waals surface area (Å²) in [5, 5.41) is 8.94. The average molecular weight is 492 g/mol. The van der Waals surface area contributed by atoms with E-state index in [4.69, 9.17) is 4.74 Å². The van der Waals surface area contributed by atoms with Gasteiger partial charge in [-0.15, -0.1) is 10.2 Å². The second kappa shape index (κ2) is 11.1. The lowest BCUT2D eigenvalue weighted by atomic mass is 10.2. The van der Waals surface area contributed by atoms with Crippen LogP contribution in [0.4, 0.5) is 4.39 Å². The van der Waals surface area contributed by atoms with Crippen LogP contribution in [0, 0.1) is 5.82 Å². The van der Waals surface area contributed by atoms with Gasteiger partial charge in [0.25, 0.3) is 0 Å². The highest BCUT2D eigenvalue weighted by atomic mass is 32.2. The molecule has 0 N–H and O–H groups in total. The Bertz CT molecular complexity index is 1300. The molecule has 1 atom stereocenters. The molecule has 2 heterocycles. The van der Waals surface area contributed by atoms with Gasteiger partial charge in [-0.1, -0.05) is 36.0 Å². The Labute approximate surface area is 208 Å². The van der Waals surface area contributed by atoms with E-state index in [2.05, 4.69) is 15.2 Å². The third-order valence-electron chi connectivity index (χ3n) is 5.27. The first kappa shape index (κ1) is 24.4. The third kappa shape index (κ3) is 5.68. The number of hydrogen-bond donors (Lipinski definition) is 0. The molecule has 0 aliphatic heterocycles. The highest BCUT2D eigenvalue weighted by Crippen LogP contribution is 2.34. The molecule has 2 aromatic heterocycles. The van der Waals surface area contributed by atoms with Gasteiger partial charge in [0.15, 0.2) is 11.0 Å². The number of ether oxygens (including phenoxy) is 1. The summed E-state index contributed by atoms with van der Waals surface area (Å²) < 4.78 is 21.3. The molecule has 4 rings (SSSR count). The van der Waals surface area contributed by atoms with Crippen LogP contribution in [0.5, 0.6) is 5.75 Å². The highest BCUT2D eigenvalue weighted by molar-refractivity contribution is 8.00. The van der Waals surface area contributed by atoms with Crippen LogP contribution >= 0.6 is 11.8 Å². The number of nitrogens with zero attached hydrogens (tertiary/aromatic N) is 5. The first-order valence-corrected chi connectivity index (χ1v) is 12.1. The van der Waals surface area contributed by atoms with Crippen LogP contribution in [-0.4, -0.2) is 49.5 Å². The minimum absolute atomic E-state index is 0.102. The van der Waals surface area contributed by atoms with Crippen LogP contribution in [0.1, 0.15) is 19.4 Å². The number of hydrogen-bond acceptors (Lipinski definition) is 6. The minimum atomic E-state index is -0.461. The Morgan fingerprint density at radius 1 is 1.14 bits per heavy atom. The van der Waals surface area contributed by atoms with E-state index < -0.39 is 5.25 Å². The van der Waals surface area contributed by atoms with Crippen LogP contribution in [0.3, 0.4) is 0 Å². The van der Waals surface area contributed by atoms with Crippen molar-refractivity contribution >= 4 is 17.7 Å². The summed E-state index contributed by atoms with van der Waals surface area (Å²) in [6.45, 7) is 4.56. The van der Waals surface area contributed by atoms with Crippen molar-refractivity contribution < 1.29 is 13.9 Å². The summed E-state index contributed by atoms with van der Waals surface area (Å²) in [5.41, 5.74) is 2.29. The predicted molar refractivity (Wildman–Crippen MR) is 134 cm³/mol. The highest BCUT2D eigenvalue weighted by Gasteiger charge is 2.25. The van der Waals surface area contributed by atoms with Crippen molar-refractivity contribution in [2.45, 2.75) is 30.8 Å². The van der Waals surface area contributed by atoms with Crippen molar-refractivity contribution in [2.24, 2.45) is 0 Å². The molecule has 0 spiro atoms. The second-order valence-corrected chi connectivity index (χ2v) is 9.18. The van der Waals surface area contributed by atoms with Crippen molar-refractivity contribution in [3.63, 3.8) is 0 Å². The molecule has 0 saturated heterocycles. The lowest BCUT2D eigenvalue weighted by molar-refractivity contribution is -0.129. The van der Waals surface area contributed by atoms with Crippen LogP contribution < -0.4 is 4.74 Å². The Kier molecular flexibility index (Phi) is 7.77. The molecule has 0 fully saturated rings. The summed E-state index contributed by atoms with van der Waals surface area (Å²) in [6, 6.07) is 17.6. The average Bonchev–Trinajstić information content (AvgIpc) is 3.27. The zero-order valence-corrected chi connectivity index (χ0v) is 20.6. The summed E-state index contributed by atoms with van der Waals surface area (Å²) in [7, 11) is 1.71. The topological polar surface area (TPSA) is 73.1 Å². The Balaban J connectivity index is 1.64. The van der Waals surface area contributed by atoms with Crippen molar-refractivity contribution in [3.05, 3.63) is 84.4 Å². The molecular formula is C26H26FN5O2S. The number of rotatable bonds is 9. The molecule has 0 unspecified atom stereocenters. The molecule has 0 bridgehead atoms. The molecule has 2 aromatic carbocycles. The molecule has 35 heavy (non-hydrogen) atoms. The molecule has 9 heteroatoms. The molecule has 0 aliphatic rings. The van der Waals surface area contributed by atoms with E-state index in [9.17, 15) is 9.18 Å². The third-order valence-corrected chi connectivity index (χ3v) is 6.30. The van der Waals surface area contributed by atoms with E-state index in [0.29, 0.717) is 29.9 Å². The maximum atomic E-state index is 13.6. The summed E-state index contributed by atoms with van der Waals surface area (Å²) >= 11 is 1.31.